The van der Waals surface area contributed by atoms with Gasteiger partial charge in [0.05, 0.1) is 0 Å². The minimum atomic E-state index is 0.301. The molecule has 2 N–H and O–H groups in total. The lowest BCUT2D eigenvalue weighted by molar-refractivity contribution is 0.621. The van der Waals surface area contributed by atoms with E-state index in [2.05, 4.69) is 19.2 Å². The van der Waals surface area contributed by atoms with Crippen molar-refractivity contribution >= 4 is 5.71 Å². The van der Waals surface area contributed by atoms with Gasteiger partial charge in [0.15, 0.2) is 0 Å². The third kappa shape index (κ3) is 3.25. The first kappa shape index (κ1) is 8.63. The highest BCUT2D eigenvalue weighted by Crippen LogP contribution is 1.90. The molecule has 0 saturated heterocycles. The molecule has 0 aliphatic carbocycles. The molecule has 0 rings (SSSR count). The fourth-order valence-electron chi connectivity index (χ4n) is 0.850. The molecule has 2 heteroatoms. The summed E-state index contributed by atoms with van der Waals surface area (Å²) in [6.45, 7) is 6.95. The second-order valence-corrected chi connectivity index (χ2v) is 2.20. The average Bonchev–Trinajstić information content (AvgIpc) is 1.82. The zero-order valence-corrected chi connectivity index (χ0v) is 6.49. The van der Waals surface area contributed by atoms with Gasteiger partial charge in [0.25, 0.3) is 0 Å². The molecule has 0 heterocycles. The number of hydrogen-bond donors (Lipinski definition) is 2. The van der Waals surface area contributed by atoms with E-state index in [0.29, 0.717) is 6.04 Å². The fourth-order valence-corrected chi connectivity index (χ4v) is 0.850. The Balaban J connectivity index is 3.54. The van der Waals surface area contributed by atoms with Crippen molar-refractivity contribution in [3.8, 4) is 0 Å². The van der Waals surface area contributed by atoms with Gasteiger partial charge in [0, 0.05) is 11.8 Å². The summed E-state index contributed by atoms with van der Waals surface area (Å²) in [4.78, 5) is 0. The van der Waals surface area contributed by atoms with Crippen LogP contribution in [0.2, 0.25) is 0 Å². The van der Waals surface area contributed by atoms with Crippen LogP contribution in [-0.2, 0) is 0 Å². The van der Waals surface area contributed by atoms with Gasteiger partial charge in [-0.2, -0.15) is 0 Å². The van der Waals surface area contributed by atoms with Crippen LogP contribution in [0.15, 0.2) is 0 Å². The summed E-state index contributed by atoms with van der Waals surface area (Å²) in [5.74, 6) is 0. The van der Waals surface area contributed by atoms with Gasteiger partial charge in [0.2, 0.25) is 0 Å². The minimum Gasteiger partial charge on any atom is -0.309 e. The van der Waals surface area contributed by atoms with Crippen LogP contribution in [0.1, 0.15) is 27.2 Å². The Labute approximate surface area is 57.2 Å². The quantitative estimate of drug-likeness (QED) is 0.552. The number of rotatable bonds is 4. The fraction of sp³-hybridized carbons (Fsp3) is 0.857. The SMILES string of the molecule is CCNC(CC)C(C)=N. The predicted octanol–water partition coefficient (Wildman–Crippen LogP) is 1.41. The maximum absolute atomic E-state index is 7.29. The Morgan fingerprint density at radius 2 is 2.11 bits per heavy atom. The van der Waals surface area contributed by atoms with E-state index >= 15 is 0 Å². The lowest BCUT2D eigenvalue weighted by Crippen LogP contribution is -2.33. The lowest BCUT2D eigenvalue weighted by atomic mass is 10.1. The van der Waals surface area contributed by atoms with Crippen LogP contribution >= 0.6 is 0 Å². The van der Waals surface area contributed by atoms with Crippen molar-refractivity contribution in [3.63, 3.8) is 0 Å². The van der Waals surface area contributed by atoms with E-state index in [9.17, 15) is 0 Å². The minimum absolute atomic E-state index is 0.301. The van der Waals surface area contributed by atoms with Gasteiger partial charge >= 0.3 is 0 Å². The summed E-state index contributed by atoms with van der Waals surface area (Å²) in [5.41, 5.74) is 0.736. The maximum atomic E-state index is 7.29. The van der Waals surface area contributed by atoms with E-state index in [1.54, 1.807) is 0 Å². The molecule has 0 spiro atoms. The Kier molecular flexibility index (Phi) is 4.32. The molecule has 0 aliphatic heterocycles. The first-order valence-corrected chi connectivity index (χ1v) is 3.50. The zero-order chi connectivity index (χ0) is 7.28. The second-order valence-electron chi connectivity index (χ2n) is 2.20. The Bertz CT molecular complexity index is 88.9. The summed E-state index contributed by atoms with van der Waals surface area (Å²) in [5, 5.41) is 10.5. The van der Waals surface area contributed by atoms with Gasteiger partial charge in [0.1, 0.15) is 0 Å². The van der Waals surface area contributed by atoms with Crippen molar-refractivity contribution in [1.29, 1.82) is 5.41 Å². The molecule has 0 amide bonds. The van der Waals surface area contributed by atoms with E-state index in [0.717, 1.165) is 18.7 Å². The van der Waals surface area contributed by atoms with Crippen LogP contribution in [0, 0.1) is 5.41 Å². The number of hydrogen-bond acceptors (Lipinski definition) is 2. The molecule has 2 nitrogen and oxygen atoms in total. The molecule has 0 aromatic rings. The van der Waals surface area contributed by atoms with Crippen LogP contribution in [0.4, 0.5) is 0 Å². The maximum Gasteiger partial charge on any atom is 0.0442 e. The first-order chi connectivity index (χ1) is 4.22. The van der Waals surface area contributed by atoms with E-state index in [1.165, 1.54) is 0 Å². The largest absolute Gasteiger partial charge is 0.309 e. The third-order valence-electron chi connectivity index (χ3n) is 1.38. The molecule has 54 valence electrons. The molecule has 1 unspecified atom stereocenters. The zero-order valence-electron chi connectivity index (χ0n) is 6.49. The molecule has 1 atom stereocenters. The summed E-state index contributed by atoms with van der Waals surface area (Å²) < 4.78 is 0. The molecular formula is C7H16N2. The van der Waals surface area contributed by atoms with Crippen molar-refractivity contribution in [1.82, 2.24) is 5.32 Å². The van der Waals surface area contributed by atoms with Gasteiger partial charge in [-0.3, -0.25) is 0 Å². The van der Waals surface area contributed by atoms with Crippen molar-refractivity contribution < 1.29 is 0 Å². The molecule has 0 aliphatic rings. The molecule has 0 aromatic carbocycles. The summed E-state index contributed by atoms with van der Waals surface area (Å²) in [6.07, 6.45) is 1.02. The van der Waals surface area contributed by atoms with Gasteiger partial charge < -0.3 is 10.7 Å². The predicted molar refractivity (Wildman–Crippen MR) is 41.2 cm³/mol. The van der Waals surface area contributed by atoms with Gasteiger partial charge in [-0.05, 0) is 19.9 Å². The standard InChI is InChI=1S/C7H16N2/c1-4-7(6(3)8)9-5-2/h7-9H,4-5H2,1-3H3. The molecule has 0 fully saturated rings. The molecule has 0 saturated carbocycles. The lowest BCUT2D eigenvalue weighted by Gasteiger charge is -2.12. The summed E-state index contributed by atoms with van der Waals surface area (Å²) in [6, 6.07) is 0.301. The summed E-state index contributed by atoms with van der Waals surface area (Å²) >= 11 is 0. The van der Waals surface area contributed by atoms with E-state index in [4.69, 9.17) is 5.41 Å². The van der Waals surface area contributed by atoms with Gasteiger partial charge in [-0.1, -0.05) is 13.8 Å². The van der Waals surface area contributed by atoms with Crippen molar-refractivity contribution in [2.45, 2.75) is 33.2 Å². The van der Waals surface area contributed by atoms with Crippen LogP contribution in [0.3, 0.4) is 0 Å². The smallest absolute Gasteiger partial charge is 0.0442 e. The molecule has 0 radical (unpaired) electrons. The van der Waals surface area contributed by atoms with Crippen LogP contribution in [0.25, 0.3) is 0 Å². The Morgan fingerprint density at radius 1 is 1.56 bits per heavy atom. The molecule has 9 heavy (non-hydrogen) atoms. The topological polar surface area (TPSA) is 35.9 Å². The van der Waals surface area contributed by atoms with E-state index < -0.39 is 0 Å². The average molecular weight is 128 g/mol. The number of nitrogens with one attached hydrogen (secondary N) is 2. The Morgan fingerprint density at radius 3 is 2.22 bits per heavy atom. The second kappa shape index (κ2) is 4.50. The Hall–Kier alpha value is -0.370. The van der Waals surface area contributed by atoms with E-state index in [-0.39, 0.29) is 0 Å². The van der Waals surface area contributed by atoms with Crippen molar-refractivity contribution in [3.05, 3.63) is 0 Å². The van der Waals surface area contributed by atoms with Gasteiger partial charge in [-0.25, -0.2) is 0 Å². The highest BCUT2D eigenvalue weighted by atomic mass is 14.9. The molecule has 0 bridgehead atoms. The van der Waals surface area contributed by atoms with Crippen molar-refractivity contribution in [2.24, 2.45) is 0 Å². The van der Waals surface area contributed by atoms with Crippen LogP contribution in [-0.4, -0.2) is 18.3 Å². The summed E-state index contributed by atoms with van der Waals surface area (Å²) in [7, 11) is 0. The van der Waals surface area contributed by atoms with Crippen LogP contribution in [0.5, 0.6) is 0 Å². The van der Waals surface area contributed by atoms with E-state index in [1.807, 2.05) is 6.92 Å². The van der Waals surface area contributed by atoms with Gasteiger partial charge in [-0.15, -0.1) is 0 Å². The van der Waals surface area contributed by atoms with Crippen molar-refractivity contribution in [2.75, 3.05) is 6.54 Å². The highest BCUT2D eigenvalue weighted by molar-refractivity contribution is 5.84. The van der Waals surface area contributed by atoms with Crippen LogP contribution < -0.4 is 5.32 Å². The monoisotopic (exact) mass is 128 g/mol. The molecular weight excluding hydrogens is 112 g/mol. The normalized spacial score (nSPS) is 13.2. The molecule has 0 aromatic heterocycles. The first-order valence-electron chi connectivity index (χ1n) is 3.50. The third-order valence-corrected chi connectivity index (χ3v) is 1.38. The highest BCUT2D eigenvalue weighted by Gasteiger charge is 2.03.